The third-order valence-electron chi connectivity index (χ3n) is 4.31. The Hall–Kier alpha value is -0.580. The fraction of sp³-hybridized carbons (Fsp3) is 0.917. The molecule has 17 heavy (non-hydrogen) atoms. The van der Waals surface area contributed by atoms with Crippen molar-refractivity contribution >= 4 is 15.7 Å². The van der Waals surface area contributed by atoms with Gasteiger partial charge in [-0.05, 0) is 18.8 Å². The van der Waals surface area contributed by atoms with E-state index in [-0.39, 0.29) is 17.4 Å². The quantitative estimate of drug-likeness (QED) is 0.708. The fourth-order valence-corrected chi connectivity index (χ4v) is 5.16. The first-order valence-corrected chi connectivity index (χ1v) is 8.07. The van der Waals surface area contributed by atoms with Gasteiger partial charge in [0.05, 0.1) is 11.5 Å². The minimum absolute atomic E-state index is 0.0746. The van der Waals surface area contributed by atoms with Crippen LogP contribution in [0.1, 0.15) is 33.6 Å². The molecule has 1 atom stereocenters. The molecule has 1 spiro atoms. The summed E-state index contributed by atoms with van der Waals surface area (Å²) in [5.74, 6) is 1.10. The number of carbonyl (C=O) groups is 1. The van der Waals surface area contributed by atoms with Crippen LogP contribution >= 0.6 is 0 Å². The van der Waals surface area contributed by atoms with Crippen LogP contribution in [0.3, 0.4) is 0 Å². The molecule has 1 amide bonds. The molecule has 98 valence electrons. The van der Waals surface area contributed by atoms with E-state index in [1.165, 1.54) is 0 Å². The second-order valence-corrected chi connectivity index (χ2v) is 8.15. The van der Waals surface area contributed by atoms with Gasteiger partial charge in [-0.15, -0.1) is 0 Å². The van der Waals surface area contributed by atoms with Crippen LogP contribution < -0.4 is 0 Å². The van der Waals surface area contributed by atoms with Crippen molar-refractivity contribution in [2.75, 3.05) is 18.1 Å². The van der Waals surface area contributed by atoms with Gasteiger partial charge in [0.2, 0.25) is 5.91 Å². The van der Waals surface area contributed by atoms with Crippen molar-refractivity contribution in [1.82, 2.24) is 4.90 Å². The first-order chi connectivity index (χ1) is 7.77. The van der Waals surface area contributed by atoms with Crippen molar-refractivity contribution in [1.29, 1.82) is 0 Å². The summed E-state index contributed by atoms with van der Waals surface area (Å²) >= 11 is 0. The summed E-state index contributed by atoms with van der Waals surface area (Å²) < 4.78 is 23.0. The van der Waals surface area contributed by atoms with Crippen LogP contribution in [-0.2, 0) is 14.6 Å². The number of hydrogen-bond donors (Lipinski definition) is 0. The van der Waals surface area contributed by atoms with E-state index in [1.807, 2.05) is 4.90 Å². The first-order valence-electron chi connectivity index (χ1n) is 6.25. The van der Waals surface area contributed by atoms with Crippen LogP contribution in [0.2, 0.25) is 0 Å². The van der Waals surface area contributed by atoms with Gasteiger partial charge in [-0.2, -0.15) is 0 Å². The zero-order chi connectivity index (χ0) is 12.8. The fourth-order valence-electron chi connectivity index (χ4n) is 3.52. The molecule has 0 aliphatic carbocycles. The predicted octanol–water partition coefficient (Wildman–Crippen LogP) is 1.07. The van der Waals surface area contributed by atoms with Crippen LogP contribution in [0, 0.1) is 11.3 Å². The summed E-state index contributed by atoms with van der Waals surface area (Å²) in [6.07, 6.45) is 1.45. The maximum atomic E-state index is 11.5. The Bertz CT molecular complexity index is 413. The highest BCUT2D eigenvalue weighted by Gasteiger charge is 2.56. The highest BCUT2D eigenvalue weighted by atomic mass is 32.2. The molecule has 0 saturated carbocycles. The SMILES string of the molecule is CC(=O)N1CC2(CCS(=O)(=O)CC2)C1C(C)C. The predicted molar refractivity (Wildman–Crippen MR) is 66.3 cm³/mol. The van der Waals surface area contributed by atoms with Crippen LogP contribution in [0.15, 0.2) is 0 Å². The summed E-state index contributed by atoms with van der Waals surface area (Å²) in [6.45, 7) is 6.58. The second-order valence-electron chi connectivity index (χ2n) is 5.85. The summed E-state index contributed by atoms with van der Waals surface area (Å²) in [5, 5.41) is 0. The van der Waals surface area contributed by atoms with Crippen LogP contribution in [-0.4, -0.2) is 43.3 Å². The van der Waals surface area contributed by atoms with E-state index in [0.29, 0.717) is 17.4 Å². The Labute approximate surface area is 103 Å². The Morgan fingerprint density at radius 3 is 2.24 bits per heavy atom. The molecule has 2 aliphatic rings. The van der Waals surface area contributed by atoms with Crippen molar-refractivity contribution in [3.8, 4) is 0 Å². The molecule has 0 radical (unpaired) electrons. The van der Waals surface area contributed by atoms with E-state index < -0.39 is 9.84 Å². The first kappa shape index (κ1) is 12.9. The molecule has 4 nitrogen and oxygen atoms in total. The highest BCUT2D eigenvalue weighted by Crippen LogP contribution is 2.49. The van der Waals surface area contributed by atoms with Gasteiger partial charge in [0.1, 0.15) is 9.84 Å². The average molecular weight is 259 g/mol. The summed E-state index contributed by atoms with van der Waals surface area (Å²) in [5.41, 5.74) is 0.0746. The van der Waals surface area contributed by atoms with Crippen LogP contribution in [0.4, 0.5) is 0 Å². The molecular formula is C12H21NO3S. The Kier molecular flexibility index (Phi) is 3.00. The van der Waals surface area contributed by atoms with Gasteiger partial charge in [0, 0.05) is 24.9 Å². The summed E-state index contributed by atoms with van der Waals surface area (Å²) in [4.78, 5) is 13.4. The molecule has 2 fully saturated rings. The third-order valence-corrected chi connectivity index (χ3v) is 5.96. The van der Waals surface area contributed by atoms with E-state index in [0.717, 1.165) is 19.4 Å². The molecule has 0 N–H and O–H groups in total. The Balaban J connectivity index is 2.15. The number of rotatable bonds is 1. The topological polar surface area (TPSA) is 54.5 Å². The van der Waals surface area contributed by atoms with Crippen molar-refractivity contribution in [2.24, 2.45) is 11.3 Å². The zero-order valence-corrected chi connectivity index (χ0v) is 11.6. The molecule has 2 heterocycles. The van der Waals surface area contributed by atoms with Crippen molar-refractivity contribution in [2.45, 2.75) is 39.7 Å². The van der Waals surface area contributed by atoms with Crippen molar-refractivity contribution < 1.29 is 13.2 Å². The van der Waals surface area contributed by atoms with E-state index in [9.17, 15) is 13.2 Å². The van der Waals surface area contributed by atoms with Gasteiger partial charge in [0.25, 0.3) is 0 Å². The van der Waals surface area contributed by atoms with Gasteiger partial charge < -0.3 is 4.90 Å². The van der Waals surface area contributed by atoms with E-state index in [2.05, 4.69) is 13.8 Å². The van der Waals surface area contributed by atoms with Gasteiger partial charge in [-0.1, -0.05) is 13.8 Å². The lowest BCUT2D eigenvalue weighted by Gasteiger charge is -2.60. The minimum atomic E-state index is -2.82. The van der Waals surface area contributed by atoms with Crippen LogP contribution in [0.25, 0.3) is 0 Å². The summed E-state index contributed by atoms with van der Waals surface area (Å²) in [7, 11) is -2.82. The minimum Gasteiger partial charge on any atom is -0.338 e. The Morgan fingerprint density at radius 2 is 1.82 bits per heavy atom. The summed E-state index contributed by atoms with van der Waals surface area (Å²) in [6, 6.07) is 0.232. The van der Waals surface area contributed by atoms with Gasteiger partial charge in [0.15, 0.2) is 0 Å². The average Bonchev–Trinajstić information content (AvgIpc) is 2.14. The molecule has 5 heteroatoms. The van der Waals surface area contributed by atoms with Gasteiger partial charge >= 0.3 is 0 Å². The number of nitrogens with zero attached hydrogens (tertiary/aromatic N) is 1. The Morgan fingerprint density at radius 1 is 1.29 bits per heavy atom. The molecule has 0 bridgehead atoms. The lowest BCUT2D eigenvalue weighted by atomic mass is 9.63. The largest absolute Gasteiger partial charge is 0.338 e. The number of hydrogen-bond acceptors (Lipinski definition) is 3. The number of sulfone groups is 1. The molecule has 0 aromatic carbocycles. The molecule has 2 rings (SSSR count). The maximum Gasteiger partial charge on any atom is 0.219 e. The molecule has 2 aliphatic heterocycles. The van der Waals surface area contributed by atoms with Crippen molar-refractivity contribution in [3.63, 3.8) is 0 Å². The van der Waals surface area contributed by atoms with Gasteiger partial charge in [-0.3, -0.25) is 4.79 Å². The number of amides is 1. The molecule has 0 aromatic rings. The van der Waals surface area contributed by atoms with Crippen molar-refractivity contribution in [3.05, 3.63) is 0 Å². The maximum absolute atomic E-state index is 11.5. The smallest absolute Gasteiger partial charge is 0.219 e. The normalized spacial score (nSPS) is 30.4. The highest BCUT2D eigenvalue weighted by molar-refractivity contribution is 7.91. The van der Waals surface area contributed by atoms with E-state index >= 15 is 0 Å². The second kappa shape index (κ2) is 3.97. The third kappa shape index (κ3) is 2.09. The van der Waals surface area contributed by atoms with Gasteiger partial charge in [-0.25, -0.2) is 8.42 Å². The number of carbonyl (C=O) groups excluding carboxylic acids is 1. The van der Waals surface area contributed by atoms with E-state index in [4.69, 9.17) is 0 Å². The number of likely N-dealkylation sites (tertiary alicyclic amines) is 1. The molecule has 1 unspecified atom stereocenters. The van der Waals surface area contributed by atoms with E-state index in [1.54, 1.807) is 6.92 Å². The molecule has 0 aromatic heterocycles. The zero-order valence-electron chi connectivity index (χ0n) is 10.8. The van der Waals surface area contributed by atoms with Crippen LogP contribution in [0.5, 0.6) is 0 Å². The lowest BCUT2D eigenvalue weighted by molar-refractivity contribution is -0.159. The molecule has 2 saturated heterocycles. The standard InChI is InChI=1S/C12H21NO3S/c1-9(2)11-12(8-13(11)10(3)14)4-6-17(15,16)7-5-12/h9,11H,4-8H2,1-3H3. The molecular weight excluding hydrogens is 238 g/mol. The monoisotopic (exact) mass is 259 g/mol. The lowest BCUT2D eigenvalue weighted by Crippen LogP contribution is -2.69.